The van der Waals surface area contributed by atoms with Crippen LogP contribution in [0.4, 0.5) is 0 Å². The number of thiocarbonyl (C=S) groups is 1. The minimum atomic E-state index is 0.202. The second-order valence-electron chi connectivity index (χ2n) is 4.28. The molecule has 0 aliphatic heterocycles. The lowest BCUT2D eigenvalue weighted by atomic mass is 10.1. The van der Waals surface area contributed by atoms with Crippen molar-refractivity contribution < 1.29 is 5.11 Å². The molecule has 0 aliphatic rings. The lowest BCUT2D eigenvalue weighted by molar-refractivity contribution is 0.473. The van der Waals surface area contributed by atoms with Crippen LogP contribution in [0.2, 0.25) is 5.02 Å². The van der Waals surface area contributed by atoms with E-state index in [9.17, 15) is 5.11 Å². The van der Waals surface area contributed by atoms with Gasteiger partial charge in [-0.25, -0.2) is 0 Å². The molecule has 0 fully saturated rings. The van der Waals surface area contributed by atoms with Crippen LogP contribution < -0.4 is 5.32 Å². The van der Waals surface area contributed by atoms with Gasteiger partial charge < -0.3 is 10.4 Å². The zero-order valence-corrected chi connectivity index (χ0v) is 12.1. The summed E-state index contributed by atoms with van der Waals surface area (Å²) in [4.78, 5) is 0.547. The molecule has 2 rings (SSSR count). The summed E-state index contributed by atoms with van der Waals surface area (Å²) in [6, 6.07) is 12.9. The fourth-order valence-corrected chi connectivity index (χ4v) is 2.28. The Morgan fingerprint density at radius 1 is 1.21 bits per heavy atom. The van der Waals surface area contributed by atoms with E-state index >= 15 is 0 Å². The summed E-state index contributed by atoms with van der Waals surface area (Å²) in [5.41, 5.74) is 2.72. The topological polar surface area (TPSA) is 32.3 Å². The second kappa shape index (κ2) is 6.04. The van der Waals surface area contributed by atoms with Gasteiger partial charge >= 0.3 is 0 Å². The van der Waals surface area contributed by atoms with Crippen LogP contribution in [0.3, 0.4) is 0 Å². The number of aromatic hydroxyl groups is 1. The molecule has 0 heterocycles. The third-order valence-corrected chi connectivity index (χ3v) is 3.44. The van der Waals surface area contributed by atoms with Crippen molar-refractivity contribution in [2.45, 2.75) is 13.5 Å². The number of nitrogens with one attached hydrogen (secondary N) is 1. The van der Waals surface area contributed by atoms with Gasteiger partial charge in [0.15, 0.2) is 0 Å². The summed E-state index contributed by atoms with van der Waals surface area (Å²) in [5, 5.41) is 13.7. The van der Waals surface area contributed by atoms with Crippen molar-refractivity contribution in [2.24, 2.45) is 0 Å². The van der Waals surface area contributed by atoms with Gasteiger partial charge in [-0.15, -0.1) is 0 Å². The molecule has 2 N–H and O–H groups in total. The minimum absolute atomic E-state index is 0.202. The minimum Gasteiger partial charge on any atom is -0.507 e. The fourth-order valence-electron chi connectivity index (χ4n) is 1.82. The highest BCUT2D eigenvalue weighted by Gasteiger charge is 2.09. The van der Waals surface area contributed by atoms with Crippen LogP contribution >= 0.6 is 23.8 Å². The van der Waals surface area contributed by atoms with Crippen molar-refractivity contribution in [3.05, 3.63) is 64.2 Å². The third kappa shape index (κ3) is 3.46. The Bertz CT molecular complexity index is 575. The molecule has 0 aromatic heterocycles. The fraction of sp³-hybridized carbons (Fsp3) is 0.133. The summed E-state index contributed by atoms with van der Waals surface area (Å²) in [7, 11) is 0. The van der Waals surface area contributed by atoms with Crippen molar-refractivity contribution in [3.63, 3.8) is 0 Å². The molecule has 0 spiro atoms. The van der Waals surface area contributed by atoms with E-state index in [0.717, 1.165) is 11.1 Å². The Kier molecular flexibility index (Phi) is 4.40. The lowest BCUT2D eigenvalue weighted by Crippen LogP contribution is -2.22. The van der Waals surface area contributed by atoms with E-state index in [1.165, 1.54) is 0 Å². The van der Waals surface area contributed by atoms with Gasteiger partial charge in [-0.1, -0.05) is 48.1 Å². The predicted molar refractivity (Wildman–Crippen MR) is 82.8 cm³/mol. The number of hydrogen-bond donors (Lipinski definition) is 2. The predicted octanol–water partition coefficient (Wildman–Crippen LogP) is 3.82. The molecule has 2 aromatic rings. The molecule has 0 saturated carbocycles. The van der Waals surface area contributed by atoms with Crippen LogP contribution in [-0.4, -0.2) is 10.1 Å². The summed E-state index contributed by atoms with van der Waals surface area (Å²) in [5.74, 6) is 0.202. The van der Waals surface area contributed by atoms with Gasteiger partial charge in [0.2, 0.25) is 0 Å². The largest absolute Gasteiger partial charge is 0.507 e. The highest BCUT2D eigenvalue weighted by Crippen LogP contribution is 2.20. The van der Waals surface area contributed by atoms with Crippen LogP contribution in [0.15, 0.2) is 42.5 Å². The molecule has 0 aliphatic carbocycles. The smallest absolute Gasteiger partial charge is 0.126 e. The average molecular weight is 292 g/mol. The van der Waals surface area contributed by atoms with Gasteiger partial charge in [0.1, 0.15) is 10.7 Å². The number of hydrogen-bond acceptors (Lipinski definition) is 2. The van der Waals surface area contributed by atoms with Crippen LogP contribution in [-0.2, 0) is 6.54 Å². The maximum absolute atomic E-state index is 9.85. The highest BCUT2D eigenvalue weighted by atomic mass is 35.5. The van der Waals surface area contributed by atoms with Crippen LogP contribution in [0, 0.1) is 6.92 Å². The van der Waals surface area contributed by atoms with Crippen molar-refractivity contribution in [2.75, 3.05) is 0 Å². The van der Waals surface area contributed by atoms with Crippen molar-refractivity contribution >= 4 is 28.8 Å². The van der Waals surface area contributed by atoms with Crippen LogP contribution in [0.5, 0.6) is 5.75 Å². The van der Waals surface area contributed by atoms with Crippen LogP contribution in [0.1, 0.15) is 16.7 Å². The molecule has 0 atom stereocenters. The first-order valence-electron chi connectivity index (χ1n) is 5.89. The van der Waals surface area contributed by atoms with E-state index in [1.807, 2.05) is 37.3 Å². The van der Waals surface area contributed by atoms with Gasteiger partial charge in [-0.3, -0.25) is 0 Å². The Morgan fingerprint density at radius 2 is 1.89 bits per heavy atom. The lowest BCUT2D eigenvalue weighted by Gasteiger charge is -2.12. The molecule has 0 radical (unpaired) electrons. The van der Waals surface area contributed by atoms with Crippen LogP contribution in [0.25, 0.3) is 0 Å². The third-order valence-electron chi connectivity index (χ3n) is 2.84. The molecule has 98 valence electrons. The molecular formula is C15H14ClNOS. The Hall–Kier alpha value is -1.58. The summed E-state index contributed by atoms with van der Waals surface area (Å²) < 4.78 is 0. The first-order valence-corrected chi connectivity index (χ1v) is 6.68. The van der Waals surface area contributed by atoms with E-state index in [2.05, 4.69) is 5.32 Å². The number of phenols is 1. The number of halogens is 1. The van der Waals surface area contributed by atoms with E-state index in [0.29, 0.717) is 22.1 Å². The number of phenolic OH excluding ortho intramolecular Hbond substituents is 1. The quantitative estimate of drug-likeness (QED) is 0.843. The molecule has 0 bridgehead atoms. The SMILES string of the molecule is Cc1cccc(O)c1C(=S)NCc1ccc(Cl)cc1. The van der Waals surface area contributed by atoms with Gasteiger partial charge in [0.25, 0.3) is 0 Å². The Labute approximate surface area is 123 Å². The first kappa shape index (κ1) is 13.8. The standard InChI is InChI=1S/C15H14ClNOS/c1-10-3-2-4-13(18)14(10)15(19)17-9-11-5-7-12(16)8-6-11/h2-8,18H,9H2,1H3,(H,17,19). The van der Waals surface area contributed by atoms with E-state index in [4.69, 9.17) is 23.8 Å². The molecule has 19 heavy (non-hydrogen) atoms. The van der Waals surface area contributed by atoms with Crippen molar-refractivity contribution in [3.8, 4) is 5.75 Å². The molecule has 2 nitrogen and oxygen atoms in total. The monoisotopic (exact) mass is 291 g/mol. The Morgan fingerprint density at radius 3 is 2.53 bits per heavy atom. The summed E-state index contributed by atoms with van der Waals surface area (Å²) in [6.45, 7) is 2.52. The number of aryl methyl sites for hydroxylation is 1. The molecule has 0 saturated heterocycles. The molecular weight excluding hydrogens is 278 g/mol. The summed E-state index contributed by atoms with van der Waals surface area (Å²) in [6.07, 6.45) is 0. The van der Waals surface area contributed by atoms with E-state index < -0.39 is 0 Å². The zero-order chi connectivity index (χ0) is 13.8. The van der Waals surface area contributed by atoms with E-state index in [1.54, 1.807) is 12.1 Å². The molecule has 2 aromatic carbocycles. The molecule has 0 unspecified atom stereocenters. The number of rotatable bonds is 3. The van der Waals surface area contributed by atoms with Gasteiger partial charge in [-0.2, -0.15) is 0 Å². The maximum Gasteiger partial charge on any atom is 0.126 e. The molecule has 0 amide bonds. The van der Waals surface area contributed by atoms with Gasteiger partial charge in [0.05, 0.1) is 5.56 Å². The first-order chi connectivity index (χ1) is 9.08. The highest BCUT2D eigenvalue weighted by molar-refractivity contribution is 7.80. The van der Waals surface area contributed by atoms with Gasteiger partial charge in [0, 0.05) is 11.6 Å². The van der Waals surface area contributed by atoms with E-state index in [-0.39, 0.29) is 5.75 Å². The average Bonchev–Trinajstić information content (AvgIpc) is 2.38. The second-order valence-corrected chi connectivity index (χ2v) is 5.12. The van der Waals surface area contributed by atoms with Crippen molar-refractivity contribution in [1.29, 1.82) is 0 Å². The van der Waals surface area contributed by atoms with Crippen molar-refractivity contribution in [1.82, 2.24) is 5.32 Å². The Balaban J connectivity index is 2.07. The van der Waals surface area contributed by atoms with Gasteiger partial charge in [-0.05, 0) is 36.2 Å². The summed E-state index contributed by atoms with van der Waals surface area (Å²) >= 11 is 11.2. The molecule has 4 heteroatoms. The number of benzene rings is 2. The maximum atomic E-state index is 9.85. The normalized spacial score (nSPS) is 10.2. The zero-order valence-electron chi connectivity index (χ0n) is 10.5.